The van der Waals surface area contributed by atoms with Gasteiger partial charge < -0.3 is 5.11 Å². The molecule has 0 radical (unpaired) electrons. The van der Waals surface area contributed by atoms with Gasteiger partial charge in [0.1, 0.15) is 5.69 Å². The Morgan fingerprint density at radius 1 is 1.53 bits per heavy atom. The lowest BCUT2D eigenvalue weighted by Gasteiger charge is -2.16. The van der Waals surface area contributed by atoms with Gasteiger partial charge in [0.05, 0.1) is 17.5 Å². The van der Waals surface area contributed by atoms with Crippen LogP contribution in [0.4, 0.5) is 0 Å². The van der Waals surface area contributed by atoms with Crippen LogP contribution in [0.3, 0.4) is 0 Å². The minimum atomic E-state index is -0.898. The Hall–Kier alpha value is -1.75. The molecule has 2 rings (SSSR count). The molecule has 0 atom stereocenters. The molecule has 0 saturated heterocycles. The highest BCUT2D eigenvalue weighted by atomic mass is 16.3. The summed E-state index contributed by atoms with van der Waals surface area (Å²) in [6, 6.07) is 3.58. The largest absolute Gasteiger partial charge is 0.389 e. The summed E-state index contributed by atoms with van der Waals surface area (Å²) in [5, 5.41) is 14.7. The molecular weight excluding hydrogens is 218 g/mol. The average Bonchev–Trinajstić information content (AvgIpc) is 2.55. The fraction of sp³-hybridized carbons (Fsp3) is 0.417. The van der Waals surface area contributed by atoms with Crippen molar-refractivity contribution in [2.24, 2.45) is 0 Å². The fourth-order valence-electron chi connectivity index (χ4n) is 1.75. The van der Waals surface area contributed by atoms with Crippen molar-refractivity contribution in [1.82, 2.24) is 14.8 Å². The third kappa shape index (κ3) is 2.34. The topological polar surface area (TPSA) is 68.0 Å². The maximum Gasteiger partial charge on any atom is 0.180 e. The van der Waals surface area contributed by atoms with Crippen LogP contribution in [-0.4, -0.2) is 31.3 Å². The summed E-state index contributed by atoms with van der Waals surface area (Å²) in [7, 11) is 0. The summed E-state index contributed by atoms with van der Waals surface area (Å²) in [4.78, 5) is 15.7. The molecule has 0 bridgehead atoms. The van der Waals surface area contributed by atoms with Gasteiger partial charge in [-0.1, -0.05) is 0 Å². The zero-order valence-corrected chi connectivity index (χ0v) is 10.1. The second-order valence-corrected chi connectivity index (χ2v) is 4.75. The Balaban J connectivity index is 2.61. The Morgan fingerprint density at radius 3 is 2.82 bits per heavy atom. The highest BCUT2D eigenvalue weighted by Gasteiger charge is 2.20. The van der Waals surface area contributed by atoms with E-state index < -0.39 is 5.60 Å². The molecule has 17 heavy (non-hydrogen) atoms. The average molecular weight is 233 g/mol. The lowest BCUT2D eigenvalue weighted by molar-refractivity contribution is 0.0586. The molecule has 2 heterocycles. The number of rotatable bonds is 3. The molecule has 2 aromatic rings. The van der Waals surface area contributed by atoms with Crippen molar-refractivity contribution >= 4 is 16.8 Å². The van der Waals surface area contributed by atoms with Crippen molar-refractivity contribution < 1.29 is 9.90 Å². The van der Waals surface area contributed by atoms with E-state index in [1.54, 1.807) is 30.8 Å². The van der Waals surface area contributed by atoms with E-state index in [9.17, 15) is 9.90 Å². The van der Waals surface area contributed by atoms with Crippen molar-refractivity contribution in [2.45, 2.75) is 32.9 Å². The molecule has 0 aliphatic heterocycles. The minimum Gasteiger partial charge on any atom is -0.389 e. The summed E-state index contributed by atoms with van der Waals surface area (Å²) < 4.78 is 1.58. The number of carbonyl (C=O) groups is 1. The van der Waals surface area contributed by atoms with Crippen molar-refractivity contribution in [3.63, 3.8) is 0 Å². The number of fused-ring (bicyclic) bond motifs is 1. The van der Waals surface area contributed by atoms with E-state index >= 15 is 0 Å². The van der Waals surface area contributed by atoms with Crippen molar-refractivity contribution in [1.29, 1.82) is 0 Å². The first-order valence-electron chi connectivity index (χ1n) is 5.43. The minimum absolute atomic E-state index is 0.0995. The van der Waals surface area contributed by atoms with Crippen LogP contribution in [0.25, 0.3) is 11.0 Å². The second kappa shape index (κ2) is 3.92. The number of nitrogens with zero attached hydrogens (tertiary/aromatic N) is 3. The SMILES string of the molecule is CC(=O)c1nn(CC(C)(C)O)c2ncccc12. The predicted octanol–water partition coefficient (Wildman–Crippen LogP) is 1.40. The van der Waals surface area contributed by atoms with Gasteiger partial charge in [0.25, 0.3) is 0 Å². The molecule has 0 saturated carbocycles. The van der Waals surface area contributed by atoms with Gasteiger partial charge in [-0.2, -0.15) is 5.10 Å². The fourth-order valence-corrected chi connectivity index (χ4v) is 1.75. The molecule has 0 amide bonds. The summed E-state index contributed by atoms with van der Waals surface area (Å²) in [6.07, 6.45) is 1.65. The number of aliphatic hydroxyl groups is 1. The quantitative estimate of drug-likeness (QED) is 0.814. The molecule has 0 fully saturated rings. The number of ketones is 1. The van der Waals surface area contributed by atoms with Gasteiger partial charge >= 0.3 is 0 Å². The summed E-state index contributed by atoms with van der Waals surface area (Å²) >= 11 is 0. The molecule has 5 heteroatoms. The molecule has 0 unspecified atom stereocenters. The molecular formula is C12H15N3O2. The van der Waals surface area contributed by atoms with Crippen LogP contribution in [0, 0.1) is 0 Å². The summed E-state index contributed by atoms with van der Waals surface area (Å²) in [5.74, 6) is -0.0995. The van der Waals surface area contributed by atoms with E-state index in [-0.39, 0.29) is 5.78 Å². The highest BCUT2D eigenvalue weighted by Crippen LogP contribution is 2.18. The number of pyridine rings is 1. The Labute approximate surface area is 99.1 Å². The lowest BCUT2D eigenvalue weighted by atomic mass is 10.1. The molecule has 90 valence electrons. The molecule has 1 N–H and O–H groups in total. The Bertz CT molecular complexity index is 567. The first-order valence-corrected chi connectivity index (χ1v) is 5.43. The van der Waals surface area contributed by atoms with Crippen LogP contribution in [0.5, 0.6) is 0 Å². The van der Waals surface area contributed by atoms with Crippen LogP contribution in [0.2, 0.25) is 0 Å². The first-order chi connectivity index (χ1) is 7.88. The van der Waals surface area contributed by atoms with Gasteiger partial charge in [-0.15, -0.1) is 0 Å². The smallest absolute Gasteiger partial charge is 0.180 e. The maximum atomic E-state index is 11.5. The number of aromatic nitrogens is 3. The van der Waals surface area contributed by atoms with Gasteiger partial charge in [0, 0.05) is 13.1 Å². The van der Waals surface area contributed by atoms with E-state index in [0.29, 0.717) is 17.9 Å². The van der Waals surface area contributed by atoms with Crippen LogP contribution in [-0.2, 0) is 6.54 Å². The van der Waals surface area contributed by atoms with E-state index in [4.69, 9.17) is 0 Å². The molecule has 2 aromatic heterocycles. The van der Waals surface area contributed by atoms with E-state index in [1.165, 1.54) is 6.92 Å². The molecule has 5 nitrogen and oxygen atoms in total. The molecule has 0 aromatic carbocycles. The van der Waals surface area contributed by atoms with Crippen LogP contribution in [0.1, 0.15) is 31.3 Å². The van der Waals surface area contributed by atoms with Crippen molar-refractivity contribution in [3.8, 4) is 0 Å². The van der Waals surface area contributed by atoms with Crippen LogP contribution in [0.15, 0.2) is 18.3 Å². The lowest BCUT2D eigenvalue weighted by Crippen LogP contribution is -2.27. The third-order valence-corrected chi connectivity index (χ3v) is 2.38. The molecule has 0 aliphatic carbocycles. The molecule has 0 aliphatic rings. The maximum absolute atomic E-state index is 11.5. The number of hydrogen-bond acceptors (Lipinski definition) is 4. The van der Waals surface area contributed by atoms with Crippen LogP contribution >= 0.6 is 0 Å². The monoisotopic (exact) mass is 233 g/mol. The third-order valence-electron chi connectivity index (χ3n) is 2.38. The second-order valence-electron chi connectivity index (χ2n) is 4.75. The summed E-state index contributed by atoms with van der Waals surface area (Å²) in [6.45, 7) is 5.16. The summed E-state index contributed by atoms with van der Waals surface area (Å²) in [5.41, 5.74) is 0.127. The van der Waals surface area contributed by atoms with Crippen molar-refractivity contribution in [3.05, 3.63) is 24.0 Å². The number of carbonyl (C=O) groups excluding carboxylic acids is 1. The number of hydrogen-bond donors (Lipinski definition) is 1. The highest BCUT2D eigenvalue weighted by molar-refractivity contribution is 6.03. The zero-order valence-electron chi connectivity index (χ0n) is 10.1. The zero-order chi connectivity index (χ0) is 12.6. The van der Waals surface area contributed by atoms with Gasteiger partial charge in [-0.25, -0.2) is 9.67 Å². The molecule has 0 spiro atoms. The normalized spacial score (nSPS) is 12.0. The van der Waals surface area contributed by atoms with Crippen LogP contribution < -0.4 is 0 Å². The van der Waals surface area contributed by atoms with Gasteiger partial charge in [-0.05, 0) is 26.0 Å². The standard InChI is InChI=1S/C12H15N3O2/c1-8(16)10-9-5-4-6-13-11(9)15(14-10)7-12(2,3)17/h4-6,17H,7H2,1-3H3. The van der Waals surface area contributed by atoms with Gasteiger partial charge in [0.15, 0.2) is 11.4 Å². The van der Waals surface area contributed by atoms with E-state index in [2.05, 4.69) is 10.1 Å². The van der Waals surface area contributed by atoms with Gasteiger partial charge in [0.2, 0.25) is 0 Å². The van der Waals surface area contributed by atoms with Crippen molar-refractivity contribution in [2.75, 3.05) is 0 Å². The van der Waals surface area contributed by atoms with E-state index in [1.807, 2.05) is 6.07 Å². The first kappa shape index (κ1) is 11.7. The number of Topliss-reactive ketones (excluding diaryl/α,β-unsaturated/α-hetero) is 1. The Morgan fingerprint density at radius 2 is 2.24 bits per heavy atom. The Kier molecular flexibility index (Phi) is 2.71. The van der Waals surface area contributed by atoms with Gasteiger partial charge in [-0.3, -0.25) is 4.79 Å². The van der Waals surface area contributed by atoms with E-state index in [0.717, 1.165) is 5.39 Å². The predicted molar refractivity (Wildman–Crippen MR) is 63.8 cm³/mol.